The van der Waals surface area contributed by atoms with Crippen molar-refractivity contribution < 1.29 is 9.50 Å². The Morgan fingerprint density at radius 2 is 2.18 bits per heavy atom. The first-order valence-corrected chi connectivity index (χ1v) is 6.17. The van der Waals surface area contributed by atoms with Gasteiger partial charge in [0, 0.05) is 13.6 Å². The molecule has 1 saturated carbocycles. The minimum Gasteiger partial charge on any atom is -0.389 e. The van der Waals surface area contributed by atoms with Gasteiger partial charge in [0.2, 0.25) is 0 Å². The van der Waals surface area contributed by atoms with E-state index in [4.69, 9.17) is 0 Å². The van der Waals surface area contributed by atoms with Crippen LogP contribution in [-0.4, -0.2) is 18.7 Å². The molecule has 1 N–H and O–H groups in total. The van der Waals surface area contributed by atoms with Crippen LogP contribution in [0.2, 0.25) is 0 Å². The molecule has 2 rings (SSSR count). The van der Waals surface area contributed by atoms with Crippen molar-refractivity contribution in [3.05, 3.63) is 29.6 Å². The number of nitrogens with zero attached hydrogens (tertiary/aromatic N) is 1. The van der Waals surface area contributed by atoms with Gasteiger partial charge in [0.05, 0.1) is 11.8 Å². The van der Waals surface area contributed by atoms with E-state index in [9.17, 15) is 9.50 Å². The van der Waals surface area contributed by atoms with E-state index < -0.39 is 6.10 Å². The smallest absolute Gasteiger partial charge is 0.146 e. The summed E-state index contributed by atoms with van der Waals surface area (Å²) in [6.45, 7) is 4.78. The molecule has 1 aromatic rings. The molecule has 1 aliphatic carbocycles. The van der Waals surface area contributed by atoms with Gasteiger partial charge in [0.1, 0.15) is 5.82 Å². The van der Waals surface area contributed by atoms with Crippen molar-refractivity contribution in [2.45, 2.75) is 26.4 Å². The van der Waals surface area contributed by atoms with Crippen LogP contribution in [-0.2, 0) is 0 Å². The molecule has 0 amide bonds. The Hall–Kier alpha value is -1.09. The van der Waals surface area contributed by atoms with Crippen molar-refractivity contribution in [3.8, 4) is 0 Å². The topological polar surface area (TPSA) is 23.5 Å². The molecule has 1 aliphatic rings. The van der Waals surface area contributed by atoms with Gasteiger partial charge in [-0.3, -0.25) is 0 Å². The number of rotatable bonds is 4. The third kappa shape index (κ3) is 2.78. The molecule has 1 fully saturated rings. The molecule has 0 spiro atoms. The van der Waals surface area contributed by atoms with Crippen LogP contribution in [0.5, 0.6) is 0 Å². The largest absolute Gasteiger partial charge is 0.389 e. The maximum atomic E-state index is 13.9. The lowest BCUT2D eigenvalue weighted by Crippen LogP contribution is -2.21. The SMILES string of the molecule is CC(O)c1ccc(N(C)CC2CC2C)c(F)c1. The maximum Gasteiger partial charge on any atom is 0.146 e. The molecule has 17 heavy (non-hydrogen) atoms. The van der Waals surface area contributed by atoms with Crippen LogP contribution in [0.4, 0.5) is 10.1 Å². The van der Waals surface area contributed by atoms with E-state index in [-0.39, 0.29) is 5.82 Å². The monoisotopic (exact) mass is 237 g/mol. The number of hydrogen-bond acceptors (Lipinski definition) is 2. The average molecular weight is 237 g/mol. The van der Waals surface area contributed by atoms with Crippen molar-refractivity contribution in [1.29, 1.82) is 0 Å². The summed E-state index contributed by atoms with van der Waals surface area (Å²) < 4.78 is 13.9. The number of benzene rings is 1. The molecule has 0 heterocycles. The number of aliphatic hydroxyl groups excluding tert-OH is 1. The van der Waals surface area contributed by atoms with Crippen molar-refractivity contribution in [2.75, 3.05) is 18.5 Å². The van der Waals surface area contributed by atoms with Crippen molar-refractivity contribution >= 4 is 5.69 Å². The molecule has 1 aromatic carbocycles. The molecule has 0 saturated heterocycles. The van der Waals surface area contributed by atoms with E-state index in [1.807, 2.05) is 11.9 Å². The summed E-state index contributed by atoms with van der Waals surface area (Å²) in [6, 6.07) is 4.97. The van der Waals surface area contributed by atoms with Gasteiger partial charge < -0.3 is 10.0 Å². The van der Waals surface area contributed by atoms with E-state index in [1.54, 1.807) is 19.1 Å². The fourth-order valence-corrected chi connectivity index (χ4v) is 2.20. The Balaban J connectivity index is 2.09. The van der Waals surface area contributed by atoms with Gasteiger partial charge in [-0.25, -0.2) is 4.39 Å². The molecular formula is C14H20FNO. The predicted molar refractivity (Wildman–Crippen MR) is 67.6 cm³/mol. The van der Waals surface area contributed by atoms with E-state index in [0.29, 0.717) is 17.2 Å². The van der Waals surface area contributed by atoms with E-state index in [0.717, 1.165) is 12.5 Å². The van der Waals surface area contributed by atoms with E-state index in [1.165, 1.54) is 12.5 Å². The highest BCUT2D eigenvalue weighted by Crippen LogP contribution is 2.39. The summed E-state index contributed by atoms with van der Waals surface area (Å²) in [5.41, 5.74) is 1.24. The second-order valence-electron chi connectivity index (χ2n) is 5.24. The lowest BCUT2D eigenvalue weighted by molar-refractivity contribution is 0.199. The number of halogens is 1. The van der Waals surface area contributed by atoms with Crippen LogP contribution >= 0.6 is 0 Å². The van der Waals surface area contributed by atoms with Crippen LogP contribution in [0.3, 0.4) is 0 Å². The highest BCUT2D eigenvalue weighted by Gasteiger charge is 2.33. The summed E-state index contributed by atoms with van der Waals surface area (Å²) in [7, 11) is 1.92. The summed E-state index contributed by atoms with van der Waals surface area (Å²) in [5.74, 6) is 1.23. The van der Waals surface area contributed by atoms with Crippen LogP contribution in [0.15, 0.2) is 18.2 Å². The molecule has 2 nitrogen and oxygen atoms in total. The molecule has 3 unspecified atom stereocenters. The molecule has 0 bridgehead atoms. The van der Waals surface area contributed by atoms with Gasteiger partial charge in [0.25, 0.3) is 0 Å². The second-order valence-corrected chi connectivity index (χ2v) is 5.24. The van der Waals surface area contributed by atoms with Gasteiger partial charge in [-0.1, -0.05) is 13.0 Å². The second kappa shape index (κ2) is 4.65. The van der Waals surface area contributed by atoms with Gasteiger partial charge >= 0.3 is 0 Å². The van der Waals surface area contributed by atoms with Gasteiger partial charge in [0.15, 0.2) is 0 Å². The highest BCUT2D eigenvalue weighted by atomic mass is 19.1. The van der Waals surface area contributed by atoms with Crippen LogP contribution in [0.1, 0.15) is 31.9 Å². The molecule has 3 atom stereocenters. The predicted octanol–water partition coefficient (Wildman–Crippen LogP) is 2.97. The standard InChI is InChI=1S/C14H20FNO/c1-9-6-12(9)8-16(3)14-5-4-11(10(2)17)7-13(14)15/h4-5,7,9-10,12,17H,6,8H2,1-3H3. The summed E-state index contributed by atoms with van der Waals surface area (Å²) in [5, 5.41) is 9.39. The minimum absolute atomic E-state index is 0.251. The zero-order valence-electron chi connectivity index (χ0n) is 10.7. The lowest BCUT2D eigenvalue weighted by atomic mass is 10.1. The Morgan fingerprint density at radius 3 is 2.65 bits per heavy atom. The van der Waals surface area contributed by atoms with E-state index in [2.05, 4.69) is 6.92 Å². The summed E-state index contributed by atoms with van der Waals surface area (Å²) in [4.78, 5) is 1.97. The first-order valence-electron chi connectivity index (χ1n) is 6.17. The van der Waals surface area contributed by atoms with Crippen LogP contribution < -0.4 is 4.90 Å². The third-order valence-electron chi connectivity index (χ3n) is 3.65. The zero-order chi connectivity index (χ0) is 12.6. The molecule has 94 valence electrons. The quantitative estimate of drug-likeness (QED) is 0.870. The van der Waals surface area contributed by atoms with Crippen molar-refractivity contribution in [1.82, 2.24) is 0 Å². The first kappa shape index (κ1) is 12.4. The Labute approximate surface area is 102 Å². The van der Waals surface area contributed by atoms with Crippen LogP contribution in [0, 0.1) is 17.7 Å². The number of hydrogen-bond donors (Lipinski definition) is 1. The summed E-state index contributed by atoms with van der Waals surface area (Å²) >= 11 is 0. The Morgan fingerprint density at radius 1 is 1.53 bits per heavy atom. The Kier molecular flexibility index (Phi) is 3.38. The molecular weight excluding hydrogens is 217 g/mol. The molecule has 0 radical (unpaired) electrons. The van der Waals surface area contributed by atoms with Crippen LogP contribution in [0.25, 0.3) is 0 Å². The highest BCUT2D eigenvalue weighted by molar-refractivity contribution is 5.49. The van der Waals surface area contributed by atoms with E-state index >= 15 is 0 Å². The van der Waals surface area contributed by atoms with Gasteiger partial charge in [-0.05, 0) is 42.9 Å². The minimum atomic E-state index is -0.618. The third-order valence-corrected chi connectivity index (χ3v) is 3.65. The summed E-state index contributed by atoms with van der Waals surface area (Å²) in [6.07, 6.45) is 0.630. The molecule has 3 heteroatoms. The fraction of sp³-hybridized carbons (Fsp3) is 0.571. The number of anilines is 1. The molecule has 0 aromatic heterocycles. The van der Waals surface area contributed by atoms with Crippen molar-refractivity contribution in [2.24, 2.45) is 11.8 Å². The fourth-order valence-electron chi connectivity index (χ4n) is 2.20. The maximum absolute atomic E-state index is 13.9. The normalized spacial score (nSPS) is 24.5. The number of aliphatic hydroxyl groups is 1. The zero-order valence-corrected chi connectivity index (χ0v) is 10.7. The molecule has 0 aliphatic heterocycles. The Bertz CT molecular complexity index is 405. The van der Waals surface area contributed by atoms with Crippen molar-refractivity contribution in [3.63, 3.8) is 0 Å². The lowest BCUT2D eigenvalue weighted by Gasteiger charge is -2.20. The van der Waals surface area contributed by atoms with Gasteiger partial charge in [-0.15, -0.1) is 0 Å². The van der Waals surface area contributed by atoms with Gasteiger partial charge in [-0.2, -0.15) is 0 Å². The average Bonchev–Trinajstić information content (AvgIpc) is 2.93. The first-order chi connectivity index (χ1) is 7.99.